The summed E-state index contributed by atoms with van der Waals surface area (Å²) in [6, 6.07) is 8.15. The standard InChI is InChI=1S/C41H60N2O12/c1-11-31-41(8)29(18-32(44)54-41)24(4)33(45)22(2)19-40(7)36(53-39-34(46)30(43(9)10)17-23(3)51-39)25(5)35(26(6)37(47)52-31)49-20-28(21-50-40)42-55-38(48)27-15-13-12-14-16-27/h12-16,22-26,29-31,34-36,39,46H,11,17-21H2,1-10H3/t22-,23-,24-,25+,26-,29+,30+,31-,34-,35+,36-,39+,40-,41+/m1/s1. The number of hydrogen-bond acceptors (Lipinski definition) is 14. The summed E-state index contributed by atoms with van der Waals surface area (Å²) in [5.41, 5.74) is -2.01. The molecule has 0 aromatic heterocycles. The van der Waals surface area contributed by atoms with E-state index < -0.39 is 89.4 Å². The van der Waals surface area contributed by atoms with Gasteiger partial charge in [-0.05, 0) is 73.2 Å². The molecule has 4 heterocycles. The summed E-state index contributed by atoms with van der Waals surface area (Å²) in [6.45, 7) is 14.2. The normalized spacial score (nSPS) is 41.4. The Bertz CT molecular complexity index is 1570. The number of cyclic esters (lactones) is 1. The van der Waals surface area contributed by atoms with E-state index in [1.807, 2.05) is 53.6 Å². The third-order valence-corrected chi connectivity index (χ3v) is 12.3. The van der Waals surface area contributed by atoms with Gasteiger partial charge in [-0.25, -0.2) is 4.79 Å². The number of fused-ring (bicyclic) bond motifs is 4. The van der Waals surface area contributed by atoms with Gasteiger partial charge in [0.05, 0.1) is 55.0 Å². The van der Waals surface area contributed by atoms with Crippen molar-refractivity contribution in [3.05, 3.63) is 35.9 Å². The molecule has 0 amide bonds. The van der Waals surface area contributed by atoms with Crippen molar-refractivity contribution in [1.82, 2.24) is 4.90 Å². The Hall–Kier alpha value is -3.27. The summed E-state index contributed by atoms with van der Waals surface area (Å²) in [7, 11) is 3.77. The molecule has 1 aromatic rings. The van der Waals surface area contributed by atoms with Gasteiger partial charge in [-0.3, -0.25) is 14.4 Å². The minimum absolute atomic E-state index is 0.00562. The van der Waals surface area contributed by atoms with Gasteiger partial charge in [0.15, 0.2) is 6.29 Å². The summed E-state index contributed by atoms with van der Waals surface area (Å²) >= 11 is 0. The fraction of sp³-hybridized carbons (Fsp3) is 0.732. The summed E-state index contributed by atoms with van der Waals surface area (Å²) in [4.78, 5) is 61.8. The van der Waals surface area contributed by atoms with Crippen LogP contribution in [0, 0.1) is 29.6 Å². The molecule has 306 valence electrons. The van der Waals surface area contributed by atoms with Crippen molar-refractivity contribution in [3.8, 4) is 0 Å². The first kappa shape index (κ1) is 42.9. The molecule has 0 spiro atoms. The largest absolute Gasteiger partial charge is 0.458 e. The van der Waals surface area contributed by atoms with Crippen molar-refractivity contribution < 1.29 is 57.5 Å². The van der Waals surface area contributed by atoms with Crippen LogP contribution in [0.25, 0.3) is 0 Å². The Morgan fingerprint density at radius 1 is 1.02 bits per heavy atom. The molecule has 5 rings (SSSR count). The molecular weight excluding hydrogens is 712 g/mol. The number of esters is 2. The molecule has 4 fully saturated rings. The fourth-order valence-electron chi connectivity index (χ4n) is 9.14. The maximum absolute atomic E-state index is 14.5. The predicted molar refractivity (Wildman–Crippen MR) is 200 cm³/mol. The van der Waals surface area contributed by atoms with Gasteiger partial charge in [0.25, 0.3) is 0 Å². The van der Waals surface area contributed by atoms with Gasteiger partial charge in [0, 0.05) is 29.7 Å². The van der Waals surface area contributed by atoms with Gasteiger partial charge in [0.1, 0.15) is 29.3 Å². The number of nitrogens with zero attached hydrogens (tertiary/aromatic N) is 2. The summed E-state index contributed by atoms with van der Waals surface area (Å²) in [6.07, 6.45) is -4.01. The van der Waals surface area contributed by atoms with Crippen LogP contribution in [0.15, 0.2) is 35.5 Å². The van der Waals surface area contributed by atoms with E-state index in [1.54, 1.807) is 51.1 Å². The third kappa shape index (κ3) is 9.15. The van der Waals surface area contributed by atoms with Crippen LogP contribution in [0.3, 0.4) is 0 Å². The number of aliphatic hydroxyl groups excluding tert-OH is 1. The number of likely N-dealkylation sites (N-methyl/N-ethyl adjacent to an activating group) is 1. The summed E-state index contributed by atoms with van der Waals surface area (Å²) in [5.74, 6) is -5.21. The monoisotopic (exact) mass is 772 g/mol. The Morgan fingerprint density at radius 3 is 2.36 bits per heavy atom. The number of carbonyl (C=O) groups is 4. The average Bonchev–Trinajstić information content (AvgIpc) is 3.48. The minimum atomic E-state index is -1.30. The van der Waals surface area contributed by atoms with Crippen LogP contribution in [-0.2, 0) is 47.6 Å². The lowest BCUT2D eigenvalue weighted by Crippen LogP contribution is -2.60. The van der Waals surface area contributed by atoms with E-state index in [-0.39, 0.29) is 49.7 Å². The molecule has 55 heavy (non-hydrogen) atoms. The van der Waals surface area contributed by atoms with Gasteiger partial charge in [-0.2, -0.15) is 0 Å². The zero-order valence-electron chi connectivity index (χ0n) is 33.9. The SMILES string of the molecule is CC[C@H]1OC(=O)[C@H](C)[C@H]2OCC(=NOC(=O)c3ccccc3)CO[C@](C)(C[C@@H](C)C(=O)[C@H](C)[C@@H]3CC(=O)O[C@]13C)[C@H](O[C@@H]1O[C@H](C)C[C@H](N(C)C)[C@H]1O)[C@H]2C. The Kier molecular flexibility index (Phi) is 13.6. The number of Topliss-reactive ketones (excluding diaryl/α,β-unsaturated/α-hetero) is 1. The minimum Gasteiger partial charge on any atom is -0.458 e. The van der Waals surface area contributed by atoms with E-state index in [0.717, 1.165) is 0 Å². The van der Waals surface area contributed by atoms with E-state index in [9.17, 15) is 24.3 Å². The van der Waals surface area contributed by atoms with Gasteiger partial charge in [0.2, 0.25) is 0 Å². The van der Waals surface area contributed by atoms with Crippen LogP contribution in [0.1, 0.15) is 91.4 Å². The van der Waals surface area contributed by atoms with Gasteiger partial charge >= 0.3 is 17.9 Å². The molecule has 0 unspecified atom stereocenters. The lowest BCUT2D eigenvalue weighted by atomic mass is 9.70. The summed E-state index contributed by atoms with van der Waals surface area (Å²) in [5, 5.41) is 15.8. The zero-order chi connectivity index (χ0) is 40.4. The van der Waals surface area contributed by atoms with Crippen molar-refractivity contribution in [3.63, 3.8) is 0 Å². The maximum Gasteiger partial charge on any atom is 0.365 e. The van der Waals surface area contributed by atoms with Crippen molar-refractivity contribution >= 4 is 29.4 Å². The van der Waals surface area contributed by atoms with Crippen molar-refractivity contribution in [1.29, 1.82) is 0 Å². The van der Waals surface area contributed by atoms with Gasteiger partial charge in [-0.15, -0.1) is 0 Å². The Morgan fingerprint density at radius 2 is 1.71 bits per heavy atom. The third-order valence-electron chi connectivity index (χ3n) is 12.3. The lowest BCUT2D eigenvalue weighted by Gasteiger charge is -2.48. The molecule has 0 radical (unpaired) electrons. The number of ether oxygens (including phenoxy) is 6. The number of aliphatic hydroxyl groups is 1. The quantitative estimate of drug-likeness (QED) is 0.247. The first-order chi connectivity index (χ1) is 25.9. The van der Waals surface area contributed by atoms with Crippen molar-refractivity contribution in [2.24, 2.45) is 34.7 Å². The summed E-state index contributed by atoms with van der Waals surface area (Å²) < 4.78 is 38.6. The van der Waals surface area contributed by atoms with E-state index >= 15 is 0 Å². The number of hydrogen-bond donors (Lipinski definition) is 1. The Labute approximate surface area is 324 Å². The van der Waals surface area contributed by atoms with Crippen LogP contribution >= 0.6 is 0 Å². The first-order valence-electron chi connectivity index (χ1n) is 19.6. The topological polar surface area (TPSA) is 169 Å². The molecular formula is C41H60N2O12. The molecule has 4 aliphatic heterocycles. The van der Waals surface area contributed by atoms with Crippen LogP contribution in [0.4, 0.5) is 0 Å². The van der Waals surface area contributed by atoms with Crippen LogP contribution in [0.2, 0.25) is 0 Å². The Balaban J connectivity index is 1.61. The molecule has 1 aromatic carbocycles. The smallest absolute Gasteiger partial charge is 0.365 e. The van der Waals surface area contributed by atoms with Crippen LogP contribution < -0.4 is 0 Å². The highest BCUT2D eigenvalue weighted by Gasteiger charge is 2.57. The van der Waals surface area contributed by atoms with E-state index in [2.05, 4.69) is 5.16 Å². The molecule has 14 nitrogen and oxygen atoms in total. The second-order valence-electron chi connectivity index (χ2n) is 16.7. The average molecular weight is 773 g/mol. The second-order valence-corrected chi connectivity index (χ2v) is 16.7. The molecule has 0 aliphatic carbocycles. The highest BCUT2D eigenvalue weighted by atomic mass is 16.7. The highest BCUT2D eigenvalue weighted by molar-refractivity contribution is 5.91. The second kappa shape index (κ2) is 17.5. The molecule has 14 heteroatoms. The number of ketones is 1. The lowest BCUT2D eigenvalue weighted by molar-refractivity contribution is -0.302. The molecule has 4 saturated heterocycles. The molecule has 2 bridgehead atoms. The molecule has 0 saturated carbocycles. The molecule has 14 atom stereocenters. The number of rotatable bonds is 6. The van der Waals surface area contributed by atoms with Crippen LogP contribution in [-0.4, -0.2) is 121 Å². The highest BCUT2D eigenvalue weighted by Crippen LogP contribution is 2.46. The van der Waals surface area contributed by atoms with Crippen molar-refractivity contribution in [2.75, 3.05) is 27.3 Å². The molecule has 4 aliphatic rings. The van der Waals surface area contributed by atoms with Crippen LogP contribution in [0.5, 0.6) is 0 Å². The zero-order valence-corrected chi connectivity index (χ0v) is 33.9. The first-order valence-corrected chi connectivity index (χ1v) is 19.6. The van der Waals surface area contributed by atoms with Crippen molar-refractivity contribution in [2.45, 2.75) is 135 Å². The number of oxime groups is 1. The van der Waals surface area contributed by atoms with E-state index in [0.29, 0.717) is 18.4 Å². The maximum atomic E-state index is 14.5. The fourth-order valence-corrected chi connectivity index (χ4v) is 9.14. The molecule has 1 N–H and O–H groups in total. The predicted octanol–water partition coefficient (Wildman–Crippen LogP) is 4.35. The number of carbonyl (C=O) groups excluding carboxylic acids is 4. The van der Waals surface area contributed by atoms with Gasteiger partial charge in [-0.1, -0.05) is 51.0 Å². The van der Waals surface area contributed by atoms with E-state index in [4.69, 9.17) is 33.3 Å². The van der Waals surface area contributed by atoms with E-state index in [1.165, 1.54) is 0 Å². The number of benzene rings is 1. The van der Waals surface area contributed by atoms with Gasteiger partial charge < -0.3 is 43.3 Å².